The van der Waals surface area contributed by atoms with E-state index in [-0.39, 0.29) is 17.1 Å². The number of rotatable bonds is 2. The van der Waals surface area contributed by atoms with Gasteiger partial charge in [-0.05, 0) is 6.07 Å². The van der Waals surface area contributed by atoms with Gasteiger partial charge in [-0.15, -0.1) is 0 Å². The van der Waals surface area contributed by atoms with E-state index in [2.05, 4.69) is 15.0 Å². The lowest BCUT2D eigenvalue weighted by Gasteiger charge is -2.15. The van der Waals surface area contributed by atoms with Gasteiger partial charge in [0.05, 0.1) is 18.4 Å². The molecule has 1 saturated heterocycles. The number of hydrogen-bond donors (Lipinski definition) is 4. The van der Waals surface area contributed by atoms with Crippen molar-refractivity contribution in [2.75, 3.05) is 6.61 Å². The first-order valence-electron chi connectivity index (χ1n) is 6.19. The Labute approximate surface area is 117 Å². The summed E-state index contributed by atoms with van der Waals surface area (Å²) in [5.74, 6) is -0.688. The molecule has 0 aliphatic carbocycles. The number of fused-ring (bicyclic) bond motifs is 1. The van der Waals surface area contributed by atoms with Crippen molar-refractivity contribution in [2.45, 2.75) is 24.4 Å². The monoisotopic (exact) mass is 297 g/mol. The molecule has 3 rings (SSSR count). The fourth-order valence-corrected chi connectivity index (χ4v) is 2.33. The minimum atomic E-state index is -1.40. The molecule has 0 aromatic carbocycles. The maximum absolute atomic E-state index is 13.1. The fourth-order valence-electron chi connectivity index (χ4n) is 2.33. The van der Waals surface area contributed by atoms with Crippen LogP contribution in [0.25, 0.3) is 11.5 Å². The van der Waals surface area contributed by atoms with E-state index < -0.39 is 42.5 Å². The number of ether oxygens (including phenoxy) is 1. The summed E-state index contributed by atoms with van der Waals surface area (Å²) in [5.41, 5.74) is -0.666. The third-order valence-electron chi connectivity index (χ3n) is 3.40. The SMILES string of the molecule is O=c1nc2[nH]cc(F)nc-2cc1[C@@H]1O[C@H](CO)C(O)[C@@H]1O. The van der Waals surface area contributed by atoms with Crippen molar-refractivity contribution >= 4 is 0 Å². The van der Waals surface area contributed by atoms with E-state index in [1.54, 1.807) is 0 Å². The highest BCUT2D eigenvalue weighted by molar-refractivity contribution is 5.51. The highest BCUT2D eigenvalue weighted by Crippen LogP contribution is 2.32. The van der Waals surface area contributed by atoms with Crippen molar-refractivity contribution in [1.82, 2.24) is 15.0 Å². The van der Waals surface area contributed by atoms with Gasteiger partial charge in [0, 0.05) is 0 Å². The van der Waals surface area contributed by atoms with Gasteiger partial charge in [-0.25, -0.2) is 4.98 Å². The van der Waals surface area contributed by atoms with Crippen LogP contribution in [0.4, 0.5) is 4.39 Å². The smallest absolute Gasteiger partial charge is 0.277 e. The van der Waals surface area contributed by atoms with Crippen LogP contribution >= 0.6 is 0 Å². The van der Waals surface area contributed by atoms with Crippen molar-refractivity contribution in [2.24, 2.45) is 0 Å². The average molecular weight is 297 g/mol. The van der Waals surface area contributed by atoms with E-state index >= 15 is 0 Å². The topological polar surface area (TPSA) is 129 Å². The Kier molecular flexibility index (Phi) is 3.41. The molecule has 0 saturated carbocycles. The molecule has 9 heteroatoms. The van der Waals surface area contributed by atoms with E-state index in [1.165, 1.54) is 6.07 Å². The summed E-state index contributed by atoms with van der Waals surface area (Å²) in [5, 5.41) is 28.6. The maximum Gasteiger partial charge on any atom is 0.277 e. The number of aliphatic hydroxyl groups excluding tert-OH is 3. The Morgan fingerprint density at radius 3 is 2.76 bits per heavy atom. The van der Waals surface area contributed by atoms with E-state index in [0.29, 0.717) is 0 Å². The number of aliphatic hydroxyl groups is 3. The number of aromatic nitrogens is 3. The Morgan fingerprint density at radius 1 is 1.33 bits per heavy atom. The second-order valence-corrected chi connectivity index (χ2v) is 4.73. The van der Waals surface area contributed by atoms with Crippen LogP contribution in [-0.4, -0.2) is 55.2 Å². The van der Waals surface area contributed by atoms with Crippen LogP contribution in [0.1, 0.15) is 11.7 Å². The molecule has 4 atom stereocenters. The lowest BCUT2D eigenvalue weighted by molar-refractivity contribution is -0.0231. The van der Waals surface area contributed by atoms with E-state index in [4.69, 9.17) is 9.84 Å². The first-order valence-corrected chi connectivity index (χ1v) is 6.19. The minimum absolute atomic E-state index is 0.0588. The number of aromatic amines is 1. The summed E-state index contributed by atoms with van der Waals surface area (Å²) in [6.45, 7) is -0.509. The molecule has 3 heterocycles. The normalized spacial score (nSPS) is 29.1. The molecule has 8 nitrogen and oxygen atoms in total. The molecular formula is C12H12FN3O5. The molecule has 0 bridgehead atoms. The lowest BCUT2D eigenvalue weighted by atomic mass is 10.0. The number of halogens is 1. The lowest BCUT2D eigenvalue weighted by Crippen LogP contribution is -2.33. The van der Waals surface area contributed by atoms with Crippen LogP contribution in [0, 0.1) is 5.95 Å². The predicted molar refractivity (Wildman–Crippen MR) is 65.9 cm³/mol. The summed E-state index contributed by atoms with van der Waals surface area (Å²) >= 11 is 0. The molecule has 0 aromatic rings. The van der Waals surface area contributed by atoms with Crippen molar-refractivity contribution in [3.05, 3.63) is 34.1 Å². The molecule has 21 heavy (non-hydrogen) atoms. The molecule has 0 amide bonds. The highest BCUT2D eigenvalue weighted by atomic mass is 19.1. The van der Waals surface area contributed by atoms with Gasteiger partial charge in [0.25, 0.3) is 5.56 Å². The molecule has 3 aliphatic heterocycles. The fraction of sp³-hybridized carbons (Fsp3) is 0.417. The van der Waals surface area contributed by atoms with Gasteiger partial charge in [0.15, 0.2) is 5.82 Å². The first kappa shape index (κ1) is 14.0. The third kappa shape index (κ3) is 2.29. The second kappa shape index (κ2) is 5.11. The van der Waals surface area contributed by atoms with Crippen molar-refractivity contribution in [3.63, 3.8) is 0 Å². The Hall–Kier alpha value is -1.94. The maximum atomic E-state index is 13.1. The van der Waals surface area contributed by atoms with Crippen LogP contribution < -0.4 is 5.56 Å². The van der Waals surface area contributed by atoms with Gasteiger partial charge in [-0.2, -0.15) is 9.37 Å². The zero-order valence-corrected chi connectivity index (χ0v) is 10.6. The number of nitrogens with zero attached hydrogens (tertiary/aromatic N) is 2. The van der Waals surface area contributed by atoms with Gasteiger partial charge in [-0.1, -0.05) is 0 Å². The zero-order chi connectivity index (χ0) is 15.1. The molecule has 4 N–H and O–H groups in total. The van der Waals surface area contributed by atoms with Gasteiger partial charge < -0.3 is 25.0 Å². The number of nitrogens with one attached hydrogen (secondary N) is 1. The Balaban J connectivity index is 2.07. The van der Waals surface area contributed by atoms with Gasteiger partial charge >= 0.3 is 0 Å². The summed E-state index contributed by atoms with van der Waals surface area (Å²) in [7, 11) is 0. The summed E-state index contributed by atoms with van der Waals surface area (Å²) in [6, 6.07) is 1.24. The molecule has 0 aromatic heterocycles. The van der Waals surface area contributed by atoms with Crippen LogP contribution in [0.3, 0.4) is 0 Å². The molecule has 112 valence electrons. The predicted octanol–water partition coefficient (Wildman–Crippen LogP) is -1.44. The Morgan fingerprint density at radius 2 is 2.10 bits per heavy atom. The summed E-state index contributed by atoms with van der Waals surface area (Å²) in [6.07, 6.45) is -3.94. The zero-order valence-electron chi connectivity index (χ0n) is 10.6. The van der Waals surface area contributed by atoms with E-state index in [9.17, 15) is 19.4 Å². The van der Waals surface area contributed by atoms with E-state index in [1.807, 2.05) is 0 Å². The quantitative estimate of drug-likeness (QED) is 0.534. The summed E-state index contributed by atoms with van der Waals surface area (Å²) in [4.78, 5) is 21.7. The standard InChI is InChI=1S/C12H12FN3O5/c13-7-2-14-11-5(15-7)1-4(12(20)16-11)10-9(19)8(18)6(3-17)21-10/h1-2,6,8-10,17-19H,3H2,(H,14,16,20)/t6-,8?,9+,10+/m1/s1. The number of pyridine rings is 1. The largest absolute Gasteiger partial charge is 0.394 e. The Bertz CT molecular complexity index is 693. The number of H-pyrrole nitrogens is 1. The average Bonchev–Trinajstić information content (AvgIpc) is 2.75. The second-order valence-electron chi connectivity index (χ2n) is 4.73. The highest BCUT2D eigenvalue weighted by Gasteiger charge is 2.44. The molecule has 0 spiro atoms. The number of hydrogen-bond acceptors (Lipinski definition) is 7. The minimum Gasteiger partial charge on any atom is -0.394 e. The molecule has 3 aliphatic rings. The molecule has 0 radical (unpaired) electrons. The molecular weight excluding hydrogens is 285 g/mol. The van der Waals surface area contributed by atoms with Crippen LogP contribution in [0.2, 0.25) is 0 Å². The summed E-state index contributed by atoms with van der Waals surface area (Å²) < 4.78 is 18.4. The first-order chi connectivity index (χ1) is 10.0. The molecule has 1 unspecified atom stereocenters. The van der Waals surface area contributed by atoms with Crippen molar-refractivity contribution in [1.29, 1.82) is 0 Å². The molecule has 1 fully saturated rings. The van der Waals surface area contributed by atoms with Crippen LogP contribution in [-0.2, 0) is 4.74 Å². The van der Waals surface area contributed by atoms with E-state index in [0.717, 1.165) is 6.20 Å². The van der Waals surface area contributed by atoms with Crippen LogP contribution in [0.5, 0.6) is 0 Å². The van der Waals surface area contributed by atoms with Gasteiger partial charge in [0.2, 0.25) is 5.95 Å². The van der Waals surface area contributed by atoms with Gasteiger partial charge in [0.1, 0.15) is 30.1 Å². The van der Waals surface area contributed by atoms with Crippen molar-refractivity contribution < 1.29 is 24.4 Å². The van der Waals surface area contributed by atoms with Gasteiger partial charge in [-0.3, -0.25) is 4.79 Å². The van der Waals surface area contributed by atoms with Crippen molar-refractivity contribution in [3.8, 4) is 11.5 Å². The third-order valence-corrected chi connectivity index (χ3v) is 3.40. The van der Waals surface area contributed by atoms with Crippen LogP contribution in [0.15, 0.2) is 17.1 Å².